The highest BCUT2D eigenvalue weighted by molar-refractivity contribution is 5.71. The molecule has 1 aromatic rings. The summed E-state index contributed by atoms with van der Waals surface area (Å²) in [4.78, 5) is 0. The van der Waals surface area contributed by atoms with E-state index >= 15 is 0 Å². The normalized spacial score (nSPS) is 11.2. The summed E-state index contributed by atoms with van der Waals surface area (Å²) in [5, 5.41) is 0. The first-order valence-electron chi connectivity index (χ1n) is 7.79. The minimum absolute atomic E-state index is 0.572. The van der Waals surface area contributed by atoms with Crippen molar-refractivity contribution in [3.63, 3.8) is 0 Å². The number of hydrogen-bond acceptors (Lipinski definition) is 0. The summed E-state index contributed by atoms with van der Waals surface area (Å²) in [6, 6.07) is 24.3. The zero-order chi connectivity index (χ0) is 14.7. The van der Waals surface area contributed by atoms with E-state index in [-0.39, 0.29) is 0 Å². The van der Waals surface area contributed by atoms with E-state index in [1.165, 1.54) is 27.8 Å². The van der Waals surface area contributed by atoms with Crippen LogP contribution in [0.25, 0.3) is 11.1 Å². The van der Waals surface area contributed by atoms with Crippen molar-refractivity contribution in [1.29, 1.82) is 0 Å². The van der Waals surface area contributed by atoms with Crippen LogP contribution < -0.4 is 0 Å². The molecule has 1 aromatic carbocycles. The lowest BCUT2D eigenvalue weighted by Crippen LogP contribution is -1.90. The van der Waals surface area contributed by atoms with Crippen molar-refractivity contribution in [1.82, 2.24) is 0 Å². The molecule has 2 aliphatic carbocycles. The molecule has 0 N–H and O–H groups in total. The van der Waals surface area contributed by atoms with Crippen molar-refractivity contribution < 1.29 is 0 Å². The highest BCUT2D eigenvalue weighted by Crippen LogP contribution is 2.30. The van der Waals surface area contributed by atoms with E-state index in [9.17, 15) is 0 Å². The molecule has 0 nitrogen and oxygen atoms in total. The largest absolute Gasteiger partial charge is 0.0622 e. The van der Waals surface area contributed by atoms with Crippen LogP contribution in [0.1, 0.15) is 36.5 Å². The van der Waals surface area contributed by atoms with Crippen LogP contribution in [0.3, 0.4) is 0 Å². The van der Waals surface area contributed by atoms with E-state index in [4.69, 9.17) is 0 Å². The molecule has 0 radical (unpaired) electrons. The number of benzene rings is 1. The van der Waals surface area contributed by atoms with Gasteiger partial charge in [-0.3, -0.25) is 0 Å². The summed E-state index contributed by atoms with van der Waals surface area (Å²) in [6.07, 6.45) is 2.21. The minimum atomic E-state index is 0.572. The maximum absolute atomic E-state index is 2.34. The molecule has 0 amide bonds. The number of hydrogen-bond donors (Lipinski definition) is 0. The summed E-state index contributed by atoms with van der Waals surface area (Å²) < 4.78 is 0. The zero-order valence-electron chi connectivity index (χ0n) is 12.8. The van der Waals surface area contributed by atoms with Crippen LogP contribution in [0, 0.1) is 0 Å². The molecule has 0 bridgehead atoms. The highest BCUT2D eigenvalue weighted by Gasteiger charge is 2.09. The Kier molecular flexibility index (Phi) is 4.06. The smallest absolute Gasteiger partial charge is 0.0152 e. The number of aryl methyl sites for hydroxylation is 2. The van der Waals surface area contributed by atoms with Crippen molar-refractivity contribution >= 4 is 0 Å². The molecule has 106 valence electrons. The molecule has 0 aromatic heterocycles. The first-order valence-corrected chi connectivity index (χ1v) is 7.79. The molecule has 0 heterocycles. The number of fused-ring (bicyclic) bond motifs is 1. The Bertz CT molecular complexity index is 680. The van der Waals surface area contributed by atoms with Gasteiger partial charge in [0.2, 0.25) is 0 Å². The van der Waals surface area contributed by atoms with Gasteiger partial charge in [0.25, 0.3) is 0 Å². The molecule has 0 fully saturated rings. The molecule has 21 heavy (non-hydrogen) atoms. The van der Waals surface area contributed by atoms with E-state index in [0.29, 0.717) is 5.92 Å². The van der Waals surface area contributed by atoms with Crippen molar-refractivity contribution in [3.05, 3.63) is 83.4 Å². The van der Waals surface area contributed by atoms with E-state index in [2.05, 4.69) is 80.6 Å². The topological polar surface area (TPSA) is 0 Å². The van der Waals surface area contributed by atoms with Gasteiger partial charge >= 0.3 is 0 Å². The Morgan fingerprint density at radius 2 is 1.57 bits per heavy atom. The first kappa shape index (κ1) is 13.9. The van der Waals surface area contributed by atoms with Crippen molar-refractivity contribution in [3.8, 4) is 11.1 Å². The van der Waals surface area contributed by atoms with Gasteiger partial charge in [0, 0.05) is 0 Å². The van der Waals surface area contributed by atoms with E-state index in [1.807, 2.05) is 0 Å². The van der Waals surface area contributed by atoms with Gasteiger partial charge in [-0.05, 0) is 46.6 Å². The third kappa shape index (κ3) is 3.16. The average Bonchev–Trinajstić information content (AvgIpc) is 2.74. The molecule has 0 spiro atoms. The lowest BCUT2D eigenvalue weighted by molar-refractivity contribution is 0.869. The average molecular weight is 274 g/mol. The highest BCUT2D eigenvalue weighted by atomic mass is 14.1. The predicted molar refractivity (Wildman–Crippen MR) is 91.0 cm³/mol. The van der Waals surface area contributed by atoms with Crippen LogP contribution in [0.4, 0.5) is 0 Å². The lowest BCUT2D eigenvalue weighted by Gasteiger charge is -2.04. The second-order valence-electron chi connectivity index (χ2n) is 6.04. The summed E-state index contributed by atoms with van der Waals surface area (Å²) in [7, 11) is 0. The third-order valence-corrected chi connectivity index (χ3v) is 4.19. The van der Waals surface area contributed by atoms with Crippen molar-refractivity contribution in [2.45, 2.75) is 32.6 Å². The second-order valence-corrected chi connectivity index (χ2v) is 6.04. The minimum Gasteiger partial charge on any atom is -0.0622 e. The van der Waals surface area contributed by atoms with Crippen molar-refractivity contribution in [2.24, 2.45) is 0 Å². The van der Waals surface area contributed by atoms with E-state index in [1.54, 1.807) is 0 Å². The van der Waals surface area contributed by atoms with Gasteiger partial charge in [0.05, 0.1) is 0 Å². The first-order chi connectivity index (χ1) is 10.2. The Hall–Kier alpha value is -2.08. The third-order valence-electron chi connectivity index (χ3n) is 4.19. The Labute approximate surface area is 127 Å². The molecule has 2 aliphatic rings. The standard InChI is InChI=1S/C21H22/c1-16(2)19-9-6-10-21-18(13-14-20(21)15-19)12-11-17-7-4-3-5-8-17/h3-10,13-16H,11-12H2,1-2H3. The lowest BCUT2D eigenvalue weighted by atomic mass is 10.0. The summed E-state index contributed by atoms with van der Waals surface area (Å²) in [5.41, 5.74) is 7.05. The Morgan fingerprint density at radius 1 is 0.762 bits per heavy atom. The van der Waals surface area contributed by atoms with Gasteiger partial charge in [-0.2, -0.15) is 0 Å². The molecular formula is C21H22. The van der Waals surface area contributed by atoms with Crippen LogP contribution in [-0.4, -0.2) is 0 Å². The Morgan fingerprint density at radius 3 is 2.33 bits per heavy atom. The molecular weight excluding hydrogens is 252 g/mol. The fourth-order valence-electron chi connectivity index (χ4n) is 2.87. The van der Waals surface area contributed by atoms with Gasteiger partial charge in [0.15, 0.2) is 0 Å². The Balaban J connectivity index is 1.83. The molecule has 0 unspecified atom stereocenters. The van der Waals surface area contributed by atoms with Gasteiger partial charge in [-0.15, -0.1) is 0 Å². The monoisotopic (exact) mass is 274 g/mol. The molecule has 0 aliphatic heterocycles. The fourth-order valence-corrected chi connectivity index (χ4v) is 2.87. The van der Waals surface area contributed by atoms with Gasteiger partial charge in [-0.1, -0.05) is 80.6 Å². The van der Waals surface area contributed by atoms with Gasteiger partial charge in [-0.25, -0.2) is 0 Å². The van der Waals surface area contributed by atoms with Gasteiger partial charge in [0.1, 0.15) is 0 Å². The predicted octanol–water partition coefficient (Wildman–Crippen LogP) is 5.70. The van der Waals surface area contributed by atoms with Crippen LogP contribution >= 0.6 is 0 Å². The quantitative estimate of drug-likeness (QED) is 0.572. The molecule has 0 heteroatoms. The van der Waals surface area contributed by atoms with Crippen LogP contribution in [0.5, 0.6) is 0 Å². The summed E-state index contributed by atoms with van der Waals surface area (Å²) >= 11 is 0. The number of rotatable bonds is 4. The molecule has 3 rings (SSSR count). The molecule has 0 saturated carbocycles. The van der Waals surface area contributed by atoms with E-state index in [0.717, 1.165) is 12.8 Å². The fraction of sp³-hybridized carbons (Fsp3) is 0.238. The summed E-state index contributed by atoms with van der Waals surface area (Å²) in [6.45, 7) is 4.50. The molecule has 0 atom stereocenters. The van der Waals surface area contributed by atoms with Crippen LogP contribution in [-0.2, 0) is 12.8 Å². The maximum atomic E-state index is 2.34. The van der Waals surface area contributed by atoms with Crippen LogP contribution in [0.2, 0.25) is 0 Å². The zero-order valence-corrected chi connectivity index (χ0v) is 12.8. The maximum Gasteiger partial charge on any atom is -0.0152 e. The summed E-state index contributed by atoms with van der Waals surface area (Å²) in [5.74, 6) is 0.572. The van der Waals surface area contributed by atoms with Crippen LogP contribution in [0.15, 0.2) is 66.7 Å². The van der Waals surface area contributed by atoms with Gasteiger partial charge < -0.3 is 0 Å². The SMILES string of the molecule is CC(C)c1cccc2c(CCc3ccccc3)ccc-2c1. The second kappa shape index (κ2) is 6.13. The van der Waals surface area contributed by atoms with Crippen molar-refractivity contribution in [2.75, 3.05) is 0 Å². The molecule has 0 saturated heterocycles. The van der Waals surface area contributed by atoms with E-state index < -0.39 is 0 Å².